The van der Waals surface area contributed by atoms with Crippen molar-refractivity contribution < 1.29 is 24.2 Å². The van der Waals surface area contributed by atoms with Gasteiger partial charge in [0.25, 0.3) is 5.91 Å². The summed E-state index contributed by atoms with van der Waals surface area (Å²) in [4.78, 5) is 25.0. The number of carboxylic acids is 1. The van der Waals surface area contributed by atoms with Crippen molar-refractivity contribution in [2.75, 3.05) is 13.3 Å². The first kappa shape index (κ1) is 13.2. The first-order valence-electron chi connectivity index (χ1n) is 6.21. The quantitative estimate of drug-likeness (QED) is 0.888. The maximum absolute atomic E-state index is 12.5. The third kappa shape index (κ3) is 2.11. The lowest BCUT2D eigenvalue weighted by molar-refractivity contribution is -0.141. The first-order chi connectivity index (χ1) is 9.58. The van der Waals surface area contributed by atoms with Gasteiger partial charge in [0.1, 0.15) is 6.04 Å². The highest BCUT2D eigenvalue weighted by Gasteiger charge is 2.35. The Bertz CT molecular complexity index is 588. The lowest BCUT2D eigenvalue weighted by Gasteiger charge is -2.21. The van der Waals surface area contributed by atoms with Crippen LogP contribution in [0.1, 0.15) is 23.2 Å². The lowest BCUT2D eigenvalue weighted by Crippen LogP contribution is -2.40. The number of aliphatic carboxylic acids is 1. The number of nitrogens with zero attached hydrogens (tertiary/aromatic N) is 1. The van der Waals surface area contributed by atoms with Gasteiger partial charge < -0.3 is 19.5 Å². The van der Waals surface area contributed by atoms with E-state index in [9.17, 15) is 9.59 Å². The molecule has 106 valence electrons. The standard InChI is InChI=1S/C13H12BrNO5/c14-8-4-7(5-10-11(8)20-6-19-10)12(16)15-3-1-2-9(15)13(17)18/h4-5,9H,1-3,6H2,(H,17,18)/t9-/m0/s1. The van der Waals surface area contributed by atoms with Crippen LogP contribution in [0.3, 0.4) is 0 Å². The van der Waals surface area contributed by atoms with E-state index in [-0.39, 0.29) is 12.7 Å². The molecule has 0 aliphatic carbocycles. The number of hydrogen-bond donors (Lipinski definition) is 1. The zero-order valence-corrected chi connectivity index (χ0v) is 12.1. The van der Waals surface area contributed by atoms with Gasteiger partial charge in [-0.1, -0.05) is 0 Å². The Labute approximate surface area is 123 Å². The van der Waals surface area contributed by atoms with Crippen LogP contribution in [0.2, 0.25) is 0 Å². The van der Waals surface area contributed by atoms with Gasteiger partial charge in [-0.15, -0.1) is 0 Å². The third-order valence-electron chi connectivity index (χ3n) is 3.47. The summed E-state index contributed by atoms with van der Waals surface area (Å²) >= 11 is 3.33. The second-order valence-corrected chi connectivity index (χ2v) is 5.54. The molecule has 1 amide bonds. The van der Waals surface area contributed by atoms with Gasteiger partial charge in [-0.25, -0.2) is 4.79 Å². The van der Waals surface area contributed by atoms with Crippen LogP contribution in [-0.4, -0.2) is 41.3 Å². The summed E-state index contributed by atoms with van der Waals surface area (Å²) < 4.78 is 11.2. The van der Waals surface area contributed by atoms with E-state index in [1.165, 1.54) is 4.90 Å². The minimum Gasteiger partial charge on any atom is -0.480 e. The number of likely N-dealkylation sites (tertiary alicyclic amines) is 1. The number of halogens is 1. The van der Waals surface area contributed by atoms with Gasteiger partial charge in [0.05, 0.1) is 4.47 Å². The predicted molar refractivity (Wildman–Crippen MR) is 72.0 cm³/mol. The fourth-order valence-electron chi connectivity index (χ4n) is 2.52. The first-order valence-corrected chi connectivity index (χ1v) is 7.00. The van der Waals surface area contributed by atoms with Gasteiger partial charge in [-0.2, -0.15) is 0 Å². The Morgan fingerprint density at radius 3 is 2.90 bits per heavy atom. The largest absolute Gasteiger partial charge is 0.480 e. The van der Waals surface area contributed by atoms with E-state index >= 15 is 0 Å². The van der Waals surface area contributed by atoms with Crippen molar-refractivity contribution in [1.82, 2.24) is 4.90 Å². The molecule has 3 rings (SSSR count). The van der Waals surface area contributed by atoms with Crippen LogP contribution in [0.15, 0.2) is 16.6 Å². The predicted octanol–water partition coefficient (Wildman–Crippen LogP) is 1.87. The van der Waals surface area contributed by atoms with E-state index in [4.69, 9.17) is 14.6 Å². The van der Waals surface area contributed by atoms with Crippen molar-refractivity contribution in [2.45, 2.75) is 18.9 Å². The summed E-state index contributed by atoms with van der Waals surface area (Å²) in [5, 5.41) is 9.14. The summed E-state index contributed by atoms with van der Waals surface area (Å²) in [6.45, 7) is 0.578. The van der Waals surface area contributed by atoms with Crippen LogP contribution < -0.4 is 9.47 Å². The molecule has 2 aliphatic rings. The normalized spacial score (nSPS) is 20.2. The maximum Gasteiger partial charge on any atom is 0.326 e. The highest BCUT2D eigenvalue weighted by molar-refractivity contribution is 9.10. The number of carbonyl (C=O) groups is 2. The molecule has 1 atom stereocenters. The molecular weight excluding hydrogens is 330 g/mol. The molecule has 0 unspecified atom stereocenters. The minimum absolute atomic E-state index is 0.118. The Balaban J connectivity index is 1.91. The molecule has 0 spiro atoms. The molecule has 1 N–H and O–H groups in total. The van der Waals surface area contributed by atoms with Gasteiger partial charge in [0.2, 0.25) is 6.79 Å². The average molecular weight is 342 g/mol. The number of benzene rings is 1. The van der Waals surface area contributed by atoms with Crippen molar-refractivity contribution in [1.29, 1.82) is 0 Å². The molecular formula is C13H12BrNO5. The third-order valence-corrected chi connectivity index (χ3v) is 4.06. The van der Waals surface area contributed by atoms with E-state index in [1.807, 2.05) is 0 Å². The van der Waals surface area contributed by atoms with Crippen LogP contribution in [0, 0.1) is 0 Å². The van der Waals surface area contributed by atoms with Crippen LogP contribution in [0.5, 0.6) is 11.5 Å². The Hall–Kier alpha value is -1.76. The van der Waals surface area contributed by atoms with E-state index in [0.717, 1.165) is 0 Å². The zero-order valence-electron chi connectivity index (χ0n) is 10.5. The zero-order chi connectivity index (χ0) is 14.3. The van der Waals surface area contributed by atoms with Gasteiger partial charge >= 0.3 is 5.97 Å². The van der Waals surface area contributed by atoms with Crippen LogP contribution >= 0.6 is 15.9 Å². The van der Waals surface area contributed by atoms with Crippen molar-refractivity contribution in [3.63, 3.8) is 0 Å². The molecule has 1 aromatic carbocycles. The molecule has 0 bridgehead atoms. The summed E-state index contributed by atoms with van der Waals surface area (Å²) in [6, 6.07) is 2.48. The lowest BCUT2D eigenvalue weighted by atomic mass is 10.1. The Morgan fingerprint density at radius 2 is 2.15 bits per heavy atom. The number of carbonyl (C=O) groups excluding carboxylic acids is 1. The number of hydrogen-bond acceptors (Lipinski definition) is 4. The Morgan fingerprint density at radius 1 is 1.35 bits per heavy atom. The molecule has 2 heterocycles. The summed E-state index contributed by atoms with van der Waals surface area (Å²) in [5.41, 5.74) is 0.397. The average Bonchev–Trinajstić information content (AvgIpc) is 3.06. The van der Waals surface area contributed by atoms with Gasteiger partial charge in [0, 0.05) is 12.1 Å². The van der Waals surface area contributed by atoms with Crippen molar-refractivity contribution in [2.24, 2.45) is 0 Å². The van der Waals surface area contributed by atoms with Crippen molar-refractivity contribution in [3.05, 3.63) is 22.2 Å². The van der Waals surface area contributed by atoms with Crippen LogP contribution in [0.4, 0.5) is 0 Å². The Kier molecular flexibility index (Phi) is 3.29. The SMILES string of the molecule is O=C(O)[C@@H]1CCCN1C(=O)c1cc(Br)c2c(c1)OCO2. The fraction of sp³-hybridized carbons (Fsp3) is 0.385. The number of rotatable bonds is 2. The molecule has 0 saturated carbocycles. The topological polar surface area (TPSA) is 76.1 Å². The van der Waals surface area contributed by atoms with Gasteiger partial charge in [0.15, 0.2) is 11.5 Å². The van der Waals surface area contributed by atoms with E-state index in [0.29, 0.717) is 40.9 Å². The van der Waals surface area contributed by atoms with Crippen LogP contribution in [0.25, 0.3) is 0 Å². The molecule has 1 saturated heterocycles. The molecule has 0 aromatic heterocycles. The van der Waals surface area contributed by atoms with Gasteiger partial charge in [-0.05, 0) is 40.9 Å². The number of ether oxygens (including phenoxy) is 2. The molecule has 1 aromatic rings. The van der Waals surface area contributed by atoms with E-state index in [1.54, 1.807) is 12.1 Å². The van der Waals surface area contributed by atoms with Crippen LogP contribution in [-0.2, 0) is 4.79 Å². The second kappa shape index (κ2) is 4.97. The maximum atomic E-state index is 12.5. The van der Waals surface area contributed by atoms with Crippen molar-refractivity contribution in [3.8, 4) is 11.5 Å². The number of carboxylic acid groups (broad SMARTS) is 1. The highest BCUT2D eigenvalue weighted by atomic mass is 79.9. The number of fused-ring (bicyclic) bond motifs is 1. The highest BCUT2D eigenvalue weighted by Crippen LogP contribution is 2.40. The molecule has 6 nitrogen and oxygen atoms in total. The smallest absolute Gasteiger partial charge is 0.326 e. The molecule has 0 radical (unpaired) electrons. The summed E-state index contributed by atoms with van der Waals surface area (Å²) in [6.07, 6.45) is 1.20. The monoisotopic (exact) mass is 341 g/mol. The number of amides is 1. The molecule has 2 aliphatic heterocycles. The summed E-state index contributed by atoms with van der Waals surface area (Å²) in [7, 11) is 0. The molecule has 7 heteroatoms. The van der Waals surface area contributed by atoms with Gasteiger partial charge in [-0.3, -0.25) is 4.79 Å². The van der Waals surface area contributed by atoms with Crippen molar-refractivity contribution >= 4 is 27.8 Å². The fourth-order valence-corrected chi connectivity index (χ4v) is 3.08. The second-order valence-electron chi connectivity index (χ2n) is 4.69. The molecule has 1 fully saturated rings. The van der Waals surface area contributed by atoms with E-state index in [2.05, 4.69) is 15.9 Å². The van der Waals surface area contributed by atoms with E-state index < -0.39 is 12.0 Å². The summed E-state index contributed by atoms with van der Waals surface area (Å²) in [5.74, 6) is -0.198. The minimum atomic E-state index is -0.962. The molecule has 20 heavy (non-hydrogen) atoms.